The van der Waals surface area contributed by atoms with E-state index in [9.17, 15) is 8.42 Å². The van der Waals surface area contributed by atoms with Crippen molar-refractivity contribution in [2.45, 2.75) is 19.3 Å². The Hall–Kier alpha value is -0.740. The van der Waals surface area contributed by atoms with Gasteiger partial charge in [-0.15, -0.1) is 11.6 Å². The van der Waals surface area contributed by atoms with Crippen LogP contribution in [0.25, 0.3) is 0 Å². The molecule has 1 saturated heterocycles. The number of alkyl halides is 1. The monoisotopic (exact) mass is 316 g/mol. The maximum Gasteiger partial charge on any atom is 0.150 e. The minimum atomic E-state index is -2.81. The van der Waals surface area contributed by atoms with Crippen LogP contribution in [0.3, 0.4) is 0 Å². The Balaban J connectivity index is 1.72. The molecule has 2 rings (SSSR count). The summed E-state index contributed by atoms with van der Waals surface area (Å²) in [4.78, 5) is 0. The van der Waals surface area contributed by atoms with Crippen molar-refractivity contribution >= 4 is 21.4 Å². The van der Waals surface area contributed by atoms with Gasteiger partial charge in [0.2, 0.25) is 0 Å². The van der Waals surface area contributed by atoms with Crippen LogP contribution >= 0.6 is 11.6 Å². The molecule has 0 amide bonds. The van der Waals surface area contributed by atoms with Gasteiger partial charge in [0.25, 0.3) is 0 Å². The fourth-order valence-corrected chi connectivity index (χ4v) is 5.01. The van der Waals surface area contributed by atoms with Gasteiger partial charge < -0.3 is 4.74 Å². The normalized spacial score (nSPS) is 22.6. The van der Waals surface area contributed by atoms with Crippen LogP contribution in [0.15, 0.2) is 30.3 Å². The third-order valence-electron chi connectivity index (χ3n) is 3.86. The molecule has 0 spiro atoms. The Kier molecular flexibility index (Phi) is 5.73. The number of hydrogen-bond donors (Lipinski definition) is 0. The van der Waals surface area contributed by atoms with Crippen LogP contribution < -0.4 is 4.74 Å². The first-order chi connectivity index (χ1) is 9.61. The van der Waals surface area contributed by atoms with E-state index in [0.29, 0.717) is 24.0 Å². The molecule has 1 aliphatic heterocycles. The van der Waals surface area contributed by atoms with Crippen LogP contribution in [-0.2, 0) is 9.84 Å². The fourth-order valence-electron chi connectivity index (χ4n) is 2.69. The highest BCUT2D eigenvalue weighted by Crippen LogP contribution is 2.30. The van der Waals surface area contributed by atoms with Crippen LogP contribution in [0, 0.1) is 11.8 Å². The van der Waals surface area contributed by atoms with Gasteiger partial charge in [-0.2, -0.15) is 0 Å². The standard InChI is InChI=1S/C15H21ClO3S/c16-11-13(14-8-10-20(17,18)12-14)5-4-9-19-15-6-2-1-3-7-15/h1-3,6-7,13-14H,4-5,8-12H2. The lowest BCUT2D eigenvalue weighted by Gasteiger charge is -2.19. The molecule has 0 bridgehead atoms. The molecule has 0 radical (unpaired) electrons. The predicted octanol–water partition coefficient (Wildman–Crippen LogP) is 3.14. The van der Waals surface area contributed by atoms with Crippen LogP contribution in [0.5, 0.6) is 5.75 Å². The van der Waals surface area contributed by atoms with E-state index in [2.05, 4.69) is 0 Å². The fraction of sp³-hybridized carbons (Fsp3) is 0.600. The summed E-state index contributed by atoms with van der Waals surface area (Å²) in [6, 6.07) is 9.71. The van der Waals surface area contributed by atoms with Crippen molar-refractivity contribution < 1.29 is 13.2 Å². The number of benzene rings is 1. The Morgan fingerprint density at radius 2 is 2.05 bits per heavy atom. The van der Waals surface area contributed by atoms with E-state index in [-0.39, 0.29) is 11.8 Å². The van der Waals surface area contributed by atoms with Gasteiger partial charge in [-0.05, 0) is 43.2 Å². The second-order valence-corrected chi connectivity index (χ2v) is 7.92. The summed E-state index contributed by atoms with van der Waals surface area (Å²) in [5.74, 6) is 2.56. The van der Waals surface area contributed by atoms with E-state index in [1.165, 1.54) is 0 Å². The summed E-state index contributed by atoms with van der Waals surface area (Å²) in [5.41, 5.74) is 0. The SMILES string of the molecule is O=S1(=O)CCC(C(CCl)CCCOc2ccccc2)C1. The topological polar surface area (TPSA) is 43.4 Å². The maximum absolute atomic E-state index is 11.5. The number of halogens is 1. The predicted molar refractivity (Wildman–Crippen MR) is 82.1 cm³/mol. The molecule has 1 aliphatic rings. The largest absolute Gasteiger partial charge is 0.494 e. The van der Waals surface area contributed by atoms with Gasteiger partial charge in [-0.1, -0.05) is 18.2 Å². The molecule has 0 aliphatic carbocycles. The summed E-state index contributed by atoms with van der Waals surface area (Å²) < 4.78 is 28.7. The van der Waals surface area contributed by atoms with E-state index in [4.69, 9.17) is 16.3 Å². The molecule has 1 aromatic carbocycles. The van der Waals surface area contributed by atoms with Crippen molar-refractivity contribution in [2.75, 3.05) is 24.0 Å². The van der Waals surface area contributed by atoms with Gasteiger partial charge in [0.05, 0.1) is 18.1 Å². The molecule has 2 unspecified atom stereocenters. The van der Waals surface area contributed by atoms with Gasteiger partial charge in [0, 0.05) is 5.88 Å². The van der Waals surface area contributed by atoms with Gasteiger partial charge in [-0.3, -0.25) is 0 Å². The minimum Gasteiger partial charge on any atom is -0.494 e. The number of rotatable bonds is 7. The third kappa shape index (κ3) is 4.67. The zero-order chi connectivity index (χ0) is 14.4. The average molecular weight is 317 g/mol. The first kappa shape index (κ1) is 15.6. The van der Waals surface area contributed by atoms with Gasteiger partial charge in [0.15, 0.2) is 9.84 Å². The van der Waals surface area contributed by atoms with Crippen LogP contribution in [0.2, 0.25) is 0 Å². The van der Waals surface area contributed by atoms with Crippen molar-refractivity contribution in [3.05, 3.63) is 30.3 Å². The van der Waals surface area contributed by atoms with Crippen molar-refractivity contribution in [2.24, 2.45) is 11.8 Å². The summed E-state index contributed by atoms with van der Waals surface area (Å²) >= 11 is 6.00. The molecule has 1 fully saturated rings. The Morgan fingerprint density at radius 1 is 1.30 bits per heavy atom. The summed E-state index contributed by atoms with van der Waals surface area (Å²) in [5, 5.41) is 0. The molecule has 1 heterocycles. The maximum atomic E-state index is 11.5. The van der Waals surface area contributed by atoms with Gasteiger partial charge >= 0.3 is 0 Å². The van der Waals surface area contributed by atoms with Crippen LogP contribution in [-0.4, -0.2) is 32.4 Å². The summed E-state index contributed by atoms with van der Waals surface area (Å²) in [6.45, 7) is 0.650. The number of para-hydroxylation sites is 1. The van der Waals surface area contributed by atoms with E-state index in [0.717, 1.165) is 25.0 Å². The second-order valence-electron chi connectivity index (χ2n) is 5.38. The van der Waals surface area contributed by atoms with Crippen LogP contribution in [0.4, 0.5) is 0 Å². The van der Waals surface area contributed by atoms with E-state index >= 15 is 0 Å². The first-order valence-corrected chi connectivity index (χ1v) is 9.40. The molecule has 2 atom stereocenters. The molecular formula is C15H21ClO3S. The Bertz CT molecular complexity index is 501. The molecule has 0 N–H and O–H groups in total. The summed E-state index contributed by atoms with van der Waals surface area (Å²) in [6.07, 6.45) is 2.60. The minimum absolute atomic E-state index is 0.231. The van der Waals surface area contributed by atoms with Crippen molar-refractivity contribution in [3.63, 3.8) is 0 Å². The lowest BCUT2D eigenvalue weighted by molar-refractivity contribution is 0.278. The van der Waals surface area contributed by atoms with Gasteiger partial charge in [-0.25, -0.2) is 8.42 Å². The van der Waals surface area contributed by atoms with Crippen LogP contribution in [0.1, 0.15) is 19.3 Å². The molecule has 112 valence electrons. The Labute approximate surface area is 126 Å². The molecule has 0 aromatic heterocycles. The molecule has 3 nitrogen and oxygen atoms in total. The number of ether oxygens (including phenoxy) is 1. The van der Waals surface area contributed by atoms with Gasteiger partial charge in [0.1, 0.15) is 5.75 Å². The zero-order valence-electron chi connectivity index (χ0n) is 11.5. The van der Waals surface area contributed by atoms with E-state index in [1.807, 2.05) is 30.3 Å². The highest BCUT2D eigenvalue weighted by Gasteiger charge is 2.32. The summed E-state index contributed by atoms with van der Waals surface area (Å²) in [7, 11) is -2.81. The quantitative estimate of drug-likeness (QED) is 0.573. The highest BCUT2D eigenvalue weighted by atomic mass is 35.5. The third-order valence-corrected chi connectivity index (χ3v) is 6.05. The Morgan fingerprint density at radius 3 is 2.65 bits per heavy atom. The molecule has 1 aromatic rings. The first-order valence-electron chi connectivity index (χ1n) is 7.05. The number of hydrogen-bond acceptors (Lipinski definition) is 3. The van der Waals surface area contributed by atoms with Crippen molar-refractivity contribution in [1.82, 2.24) is 0 Å². The molecular weight excluding hydrogens is 296 g/mol. The smallest absolute Gasteiger partial charge is 0.150 e. The van der Waals surface area contributed by atoms with Crippen molar-refractivity contribution in [1.29, 1.82) is 0 Å². The lowest BCUT2D eigenvalue weighted by atomic mass is 9.89. The molecule has 5 heteroatoms. The molecule has 0 saturated carbocycles. The van der Waals surface area contributed by atoms with Crippen molar-refractivity contribution in [3.8, 4) is 5.75 Å². The zero-order valence-corrected chi connectivity index (χ0v) is 13.1. The number of sulfone groups is 1. The second kappa shape index (κ2) is 7.32. The average Bonchev–Trinajstić information content (AvgIpc) is 2.80. The lowest BCUT2D eigenvalue weighted by Crippen LogP contribution is -2.18. The molecule has 20 heavy (non-hydrogen) atoms. The van der Waals surface area contributed by atoms with E-state index < -0.39 is 9.84 Å². The highest BCUT2D eigenvalue weighted by molar-refractivity contribution is 7.91. The van der Waals surface area contributed by atoms with E-state index in [1.54, 1.807) is 0 Å².